The normalized spacial score (nSPS) is 17.1. The lowest BCUT2D eigenvalue weighted by atomic mass is 10.1. The van der Waals surface area contributed by atoms with Crippen molar-refractivity contribution in [1.82, 2.24) is 4.98 Å². The molecule has 2 heterocycles. The molecule has 1 amide bonds. The van der Waals surface area contributed by atoms with E-state index >= 15 is 0 Å². The van der Waals surface area contributed by atoms with Crippen molar-refractivity contribution in [2.24, 2.45) is 0 Å². The van der Waals surface area contributed by atoms with Crippen LogP contribution in [-0.2, 0) is 11.2 Å². The smallest absolute Gasteiger partial charge is 0.237 e. The molecular formula is C16H16N2OS. The van der Waals surface area contributed by atoms with Gasteiger partial charge in [0.15, 0.2) is 0 Å². The van der Waals surface area contributed by atoms with E-state index in [2.05, 4.69) is 18.0 Å². The highest BCUT2D eigenvalue weighted by Gasteiger charge is 2.30. The molecule has 1 aliphatic heterocycles. The average Bonchev–Trinajstić information content (AvgIpc) is 2.82. The van der Waals surface area contributed by atoms with Crippen LogP contribution in [0, 0.1) is 0 Å². The molecular weight excluding hydrogens is 268 g/mol. The zero-order chi connectivity index (χ0) is 13.9. The quantitative estimate of drug-likeness (QED) is 0.812. The number of aromatic nitrogens is 1. The second kappa shape index (κ2) is 5.67. The Kier molecular flexibility index (Phi) is 3.74. The fourth-order valence-electron chi connectivity index (χ4n) is 2.58. The lowest BCUT2D eigenvalue weighted by molar-refractivity contribution is -0.116. The van der Waals surface area contributed by atoms with Crippen LogP contribution in [0.5, 0.6) is 0 Å². The number of pyridine rings is 1. The van der Waals surface area contributed by atoms with E-state index in [4.69, 9.17) is 0 Å². The third-order valence-electron chi connectivity index (χ3n) is 3.46. The van der Waals surface area contributed by atoms with Gasteiger partial charge in [0.25, 0.3) is 0 Å². The Morgan fingerprint density at radius 1 is 1.30 bits per heavy atom. The zero-order valence-electron chi connectivity index (χ0n) is 11.3. The van der Waals surface area contributed by atoms with Gasteiger partial charge in [0.2, 0.25) is 5.91 Å². The van der Waals surface area contributed by atoms with Gasteiger partial charge in [-0.3, -0.25) is 4.79 Å². The second-order valence-electron chi connectivity index (χ2n) is 4.90. The van der Waals surface area contributed by atoms with Gasteiger partial charge in [0.1, 0.15) is 0 Å². The summed E-state index contributed by atoms with van der Waals surface area (Å²) in [4.78, 5) is 18.6. The SMILES string of the molecule is C[C@@H]1Cc2ccccc2N1C(=O)CSc1ccccn1. The van der Waals surface area contributed by atoms with Gasteiger partial charge < -0.3 is 4.90 Å². The largest absolute Gasteiger partial charge is 0.308 e. The number of amides is 1. The molecule has 0 spiro atoms. The van der Waals surface area contributed by atoms with Crippen LogP contribution in [-0.4, -0.2) is 22.7 Å². The molecule has 1 atom stereocenters. The lowest BCUT2D eigenvalue weighted by Gasteiger charge is -2.22. The first kappa shape index (κ1) is 13.2. The summed E-state index contributed by atoms with van der Waals surface area (Å²) < 4.78 is 0. The van der Waals surface area contributed by atoms with Gasteiger partial charge in [-0.25, -0.2) is 4.98 Å². The van der Waals surface area contributed by atoms with Crippen molar-refractivity contribution in [3.63, 3.8) is 0 Å². The zero-order valence-corrected chi connectivity index (χ0v) is 12.1. The molecule has 0 radical (unpaired) electrons. The standard InChI is InChI=1S/C16H16N2OS/c1-12-10-13-6-2-3-7-14(13)18(12)16(19)11-20-15-8-4-5-9-17-15/h2-9,12H,10-11H2,1H3/t12-/m1/s1. The van der Waals surface area contributed by atoms with E-state index in [0.717, 1.165) is 17.1 Å². The molecule has 0 unspecified atom stereocenters. The first-order valence-corrected chi connectivity index (χ1v) is 7.68. The summed E-state index contributed by atoms with van der Waals surface area (Å²) >= 11 is 1.49. The predicted octanol–water partition coefficient (Wildman–Crippen LogP) is 3.15. The molecule has 0 fully saturated rings. The summed E-state index contributed by atoms with van der Waals surface area (Å²) in [6.07, 6.45) is 2.69. The fraction of sp³-hybridized carbons (Fsp3) is 0.250. The Morgan fingerprint density at radius 3 is 2.90 bits per heavy atom. The molecule has 1 aliphatic rings. The molecule has 3 rings (SSSR count). The Balaban J connectivity index is 1.71. The maximum Gasteiger partial charge on any atom is 0.237 e. The van der Waals surface area contributed by atoms with Crippen LogP contribution in [0.2, 0.25) is 0 Å². The number of thioether (sulfide) groups is 1. The number of benzene rings is 1. The van der Waals surface area contributed by atoms with Gasteiger partial charge >= 0.3 is 0 Å². The van der Waals surface area contributed by atoms with Crippen molar-refractivity contribution >= 4 is 23.4 Å². The van der Waals surface area contributed by atoms with Crippen LogP contribution < -0.4 is 4.90 Å². The van der Waals surface area contributed by atoms with E-state index in [1.54, 1.807) is 6.20 Å². The first-order chi connectivity index (χ1) is 9.75. The van der Waals surface area contributed by atoms with Gasteiger partial charge in [-0.1, -0.05) is 36.0 Å². The highest BCUT2D eigenvalue weighted by atomic mass is 32.2. The first-order valence-electron chi connectivity index (χ1n) is 6.69. The summed E-state index contributed by atoms with van der Waals surface area (Å²) in [5, 5.41) is 0.890. The van der Waals surface area contributed by atoms with Crippen LogP contribution in [0.15, 0.2) is 53.7 Å². The monoisotopic (exact) mass is 284 g/mol. The molecule has 20 heavy (non-hydrogen) atoms. The van der Waals surface area contributed by atoms with Gasteiger partial charge in [-0.2, -0.15) is 0 Å². The molecule has 0 saturated carbocycles. The molecule has 4 heteroatoms. The molecule has 1 aromatic carbocycles. The van der Waals surface area contributed by atoms with Gasteiger partial charge in [-0.05, 0) is 37.1 Å². The summed E-state index contributed by atoms with van der Waals surface area (Å²) in [6, 6.07) is 14.1. The number of fused-ring (bicyclic) bond motifs is 1. The molecule has 0 bridgehead atoms. The van der Waals surface area contributed by atoms with Gasteiger partial charge in [0.05, 0.1) is 10.8 Å². The molecule has 3 nitrogen and oxygen atoms in total. The van der Waals surface area contributed by atoms with Crippen molar-refractivity contribution < 1.29 is 4.79 Å². The number of hydrogen-bond donors (Lipinski definition) is 0. The summed E-state index contributed by atoms with van der Waals surface area (Å²) in [5.74, 6) is 0.577. The highest BCUT2D eigenvalue weighted by molar-refractivity contribution is 7.99. The number of carbonyl (C=O) groups excluding carboxylic acids is 1. The number of nitrogens with zero attached hydrogens (tertiary/aromatic N) is 2. The molecule has 2 aromatic rings. The number of anilines is 1. The molecule has 1 aromatic heterocycles. The van der Waals surface area contributed by atoms with E-state index in [9.17, 15) is 4.79 Å². The molecule has 102 valence electrons. The van der Waals surface area contributed by atoms with Gasteiger partial charge in [0, 0.05) is 17.9 Å². The number of rotatable bonds is 3. The second-order valence-corrected chi connectivity index (χ2v) is 5.90. The molecule has 0 saturated heterocycles. The van der Waals surface area contributed by atoms with Crippen LogP contribution in [0.1, 0.15) is 12.5 Å². The third kappa shape index (κ3) is 2.56. The average molecular weight is 284 g/mol. The fourth-order valence-corrected chi connectivity index (χ4v) is 3.30. The van der Waals surface area contributed by atoms with E-state index in [0.29, 0.717) is 5.75 Å². The van der Waals surface area contributed by atoms with Crippen LogP contribution >= 0.6 is 11.8 Å². The van der Waals surface area contributed by atoms with E-state index < -0.39 is 0 Å². The Labute approximate surface area is 123 Å². The Morgan fingerprint density at radius 2 is 2.10 bits per heavy atom. The van der Waals surface area contributed by atoms with E-state index in [1.807, 2.05) is 41.3 Å². The number of hydrogen-bond acceptors (Lipinski definition) is 3. The predicted molar refractivity (Wildman–Crippen MR) is 82.1 cm³/mol. The number of carbonyl (C=O) groups is 1. The maximum absolute atomic E-state index is 12.5. The lowest BCUT2D eigenvalue weighted by Crippen LogP contribution is -2.36. The van der Waals surface area contributed by atoms with Crippen molar-refractivity contribution in [1.29, 1.82) is 0 Å². The van der Waals surface area contributed by atoms with Crippen molar-refractivity contribution in [2.75, 3.05) is 10.7 Å². The van der Waals surface area contributed by atoms with Gasteiger partial charge in [-0.15, -0.1) is 0 Å². The molecule has 0 N–H and O–H groups in total. The Bertz CT molecular complexity index is 615. The van der Waals surface area contributed by atoms with Crippen LogP contribution in [0.3, 0.4) is 0 Å². The summed E-state index contributed by atoms with van der Waals surface area (Å²) in [6.45, 7) is 2.10. The van der Waals surface area contributed by atoms with Crippen LogP contribution in [0.25, 0.3) is 0 Å². The van der Waals surface area contributed by atoms with Crippen molar-refractivity contribution in [3.05, 3.63) is 54.2 Å². The topological polar surface area (TPSA) is 33.2 Å². The minimum absolute atomic E-state index is 0.151. The van der Waals surface area contributed by atoms with E-state index in [1.165, 1.54) is 17.3 Å². The van der Waals surface area contributed by atoms with Crippen molar-refractivity contribution in [2.45, 2.75) is 24.4 Å². The summed E-state index contributed by atoms with van der Waals surface area (Å²) in [5.41, 5.74) is 2.32. The maximum atomic E-state index is 12.5. The minimum Gasteiger partial charge on any atom is -0.308 e. The summed E-state index contributed by atoms with van der Waals surface area (Å²) in [7, 11) is 0. The van der Waals surface area contributed by atoms with Crippen molar-refractivity contribution in [3.8, 4) is 0 Å². The minimum atomic E-state index is 0.151. The van der Waals surface area contributed by atoms with E-state index in [-0.39, 0.29) is 11.9 Å². The highest BCUT2D eigenvalue weighted by Crippen LogP contribution is 2.32. The van der Waals surface area contributed by atoms with Crippen LogP contribution in [0.4, 0.5) is 5.69 Å². The Hall–Kier alpha value is -1.81. The third-order valence-corrected chi connectivity index (χ3v) is 4.39. The number of para-hydroxylation sites is 1. The molecule has 0 aliphatic carbocycles.